The van der Waals surface area contributed by atoms with Crippen LogP contribution in [0.15, 0.2) is 17.3 Å². The molecule has 0 bridgehead atoms. The van der Waals surface area contributed by atoms with Gasteiger partial charge in [-0.15, -0.1) is 11.8 Å². The lowest BCUT2D eigenvalue weighted by Crippen LogP contribution is -2.19. The van der Waals surface area contributed by atoms with Gasteiger partial charge in [0.05, 0.1) is 5.03 Å². The van der Waals surface area contributed by atoms with Gasteiger partial charge in [-0.1, -0.05) is 33.8 Å². The van der Waals surface area contributed by atoms with Gasteiger partial charge in [0, 0.05) is 18.0 Å². The lowest BCUT2D eigenvalue weighted by atomic mass is 10.2. The smallest absolute Gasteiger partial charge is 0.0991 e. The zero-order valence-electron chi connectivity index (χ0n) is 12.3. The van der Waals surface area contributed by atoms with Crippen molar-refractivity contribution in [2.24, 2.45) is 5.92 Å². The average Bonchev–Trinajstić information content (AvgIpc) is 2.32. The van der Waals surface area contributed by atoms with Gasteiger partial charge in [-0.3, -0.25) is 0 Å². The number of rotatable bonds is 7. The van der Waals surface area contributed by atoms with E-state index in [1.165, 1.54) is 22.6 Å². The van der Waals surface area contributed by atoms with Crippen molar-refractivity contribution < 1.29 is 0 Å². The van der Waals surface area contributed by atoms with Gasteiger partial charge < -0.3 is 5.32 Å². The number of nitrogens with zero attached hydrogens (tertiary/aromatic N) is 1. The summed E-state index contributed by atoms with van der Waals surface area (Å²) in [5, 5.41) is 5.27. The Bertz CT molecular complexity index is 364. The van der Waals surface area contributed by atoms with Crippen molar-refractivity contribution in [1.82, 2.24) is 10.3 Å². The Morgan fingerprint density at radius 2 is 2.06 bits per heavy atom. The fourth-order valence-corrected chi connectivity index (χ4v) is 2.53. The predicted octanol–water partition coefficient (Wildman–Crippen LogP) is 4.03. The Balaban J connectivity index is 2.56. The average molecular weight is 266 g/mol. The maximum atomic E-state index is 4.59. The lowest BCUT2D eigenvalue weighted by molar-refractivity contribution is 0.551. The third-order valence-electron chi connectivity index (χ3n) is 2.86. The Kier molecular flexibility index (Phi) is 6.72. The first kappa shape index (κ1) is 15.5. The summed E-state index contributed by atoms with van der Waals surface area (Å²) in [5.74, 6) is 0.694. The molecular formula is C15H26N2S. The van der Waals surface area contributed by atoms with Crippen molar-refractivity contribution in [3.63, 3.8) is 0 Å². The van der Waals surface area contributed by atoms with Crippen LogP contribution in [0.2, 0.25) is 0 Å². The normalized spacial score (nSPS) is 13.0. The van der Waals surface area contributed by atoms with Crippen molar-refractivity contribution in [1.29, 1.82) is 0 Å². The fourth-order valence-electron chi connectivity index (χ4n) is 1.62. The number of thioether (sulfide) groups is 1. The second kappa shape index (κ2) is 7.80. The third-order valence-corrected chi connectivity index (χ3v) is 4.24. The minimum atomic E-state index is 0.640. The Labute approximate surface area is 116 Å². The van der Waals surface area contributed by atoms with Crippen LogP contribution in [0.3, 0.4) is 0 Å². The highest BCUT2D eigenvalue weighted by Gasteiger charge is 2.07. The minimum absolute atomic E-state index is 0.640. The van der Waals surface area contributed by atoms with Gasteiger partial charge in [0.1, 0.15) is 0 Å². The van der Waals surface area contributed by atoms with Gasteiger partial charge >= 0.3 is 0 Å². The van der Waals surface area contributed by atoms with Crippen molar-refractivity contribution in [3.8, 4) is 0 Å². The van der Waals surface area contributed by atoms with E-state index in [9.17, 15) is 0 Å². The van der Waals surface area contributed by atoms with Gasteiger partial charge in [0.15, 0.2) is 0 Å². The summed E-state index contributed by atoms with van der Waals surface area (Å²) in [6, 6.07) is 2.26. The molecule has 0 fully saturated rings. The molecule has 1 unspecified atom stereocenters. The van der Waals surface area contributed by atoms with E-state index < -0.39 is 0 Å². The van der Waals surface area contributed by atoms with E-state index in [-0.39, 0.29) is 0 Å². The molecule has 1 atom stereocenters. The highest BCUT2D eigenvalue weighted by molar-refractivity contribution is 7.99. The maximum absolute atomic E-state index is 4.59. The molecule has 102 valence electrons. The molecule has 1 N–H and O–H groups in total. The van der Waals surface area contributed by atoms with Gasteiger partial charge in [-0.2, -0.15) is 0 Å². The minimum Gasteiger partial charge on any atom is -0.312 e. The topological polar surface area (TPSA) is 24.9 Å². The summed E-state index contributed by atoms with van der Waals surface area (Å²) >= 11 is 1.88. The number of aryl methyl sites for hydroxylation is 1. The zero-order chi connectivity index (χ0) is 13.5. The molecule has 0 aliphatic rings. The molecule has 1 heterocycles. The Morgan fingerprint density at radius 3 is 2.61 bits per heavy atom. The van der Waals surface area contributed by atoms with Gasteiger partial charge in [-0.05, 0) is 36.9 Å². The molecule has 0 radical (unpaired) electrons. The molecule has 0 aliphatic heterocycles. The van der Waals surface area contributed by atoms with Gasteiger partial charge in [-0.25, -0.2) is 4.98 Å². The van der Waals surface area contributed by atoms with E-state index in [0.717, 1.165) is 13.1 Å². The van der Waals surface area contributed by atoms with E-state index in [2.05, 4.69) is 51.0 Å². The Hall–Kier alpha value is -0.540. The first-order valence-corrected chi connectivity index (χ1v) is 7.73. The van der Waals surface area contributed by atoms with Crippen molar-refractivity contribution in [3.05, 3.63) is 23.4 Å². The van der Waals surface area contributed by atoms with E-state index in [1.807, 2.05) is 18.0 Å². The standard InChI is InChI=1S/C15H26N2S/c1-6-13(5)18-15-12(4)7-14(10-17-15)9-16-8-11(2)3/h7,10-11,13,16H,6,8-9H2,1-5H3. The van der Waals surface area contributed by atoms with Crippen molar-refractivity contribution in [2.75, 3.05) is 6.54 Å². The summed E-state index contributed by atoms with van der Waals surface area (Å²) in [6.45, 7) is 13.1. The number of hydrogen-bond donors (Lipinski definition) is 1. The monoisotopic (exact) mass is 266 g/mol. The number of nitrogens with one attached hydrogen (secondary N) is 1. The van der Waals surface area contributed by atoms with Crippen LogP contribution in [0.1, 0.15) is 45.2 Å². The summed E-state index contributed by atoms with van der Waals surface area (Å²) in [5.41, 5.74) is 2.57. The van der Waals surface area contributed by atoms with Gasteiger partial charge in [0.25, 0.3) is 0 Å². The highest BCUT2D eigenvalue weighted by atomic mass is 32.2. The molecule has 1 aromatic heterocycles. The maximum Gasteiger partial charge on any atom is 0.0991 e. The number of pyridine rings is 1. The van der Waals surface area contributed by atoms with Crippen LogP contribution in [0, 0.1) is 12.8 Å². The fraction of sp³-hybridized carbons (Fsp3) is 0.667. The molecular weight excluding hydrogens is 240 g/mol. The molecule has 0 aromatic carbocycles. The van der Waals surface area contributed by atoms with Crippen molar-refractivity contribution in [2.45, 2.75) is 57.9 Å². The molecule has 18 heavy (non-hydrogen) atoms. The molecule has 0 saturated heterocycles. The van der Waals surface area contributed by atoms with Crippen LogP contribution in [0.4, 0.5) is 0 Å². The SMILES string of the molecule is CCC(C)Sc1ncc(CNCC(C)C)cc1C. The van der Waals surface area contributed by atoms with E-state index in [0.29, 0.717) is 11.2 Å². The molecule has 3 heteroatoms. The predicted molar refractivity (Wildman–Crippen MR) is 81.1 cm³/mol. The molecule has 1 aromatic rings. The lowest BCUT2D eigenvalue weighted by Gasteiger charge is -2.12. The zero-order valence-corrected chi connectivity index (χ0v) is 13.1. The highest BCUT2D eigenvalue weighted by Crippen LogP contribution is 2.26. The molecule has 0 saturated carbocycles. The van der Waals surface area contributed by atoms with Crippen LogP contribution in [0.25, 0.3) is 0 Å². The van der Waals surface area contributed by atoms with Crippen LogP contribution < -0.4 is 5.32 Å². The van der Waals surface area contributed by atoms with Crippen LogP contribution in [-0.4, -0.2) is 16.8 Å². The third kappa shape index (κ3) is 5.40. The van der Waals surface area contributed by atoms with Gasteiger partial charge in [0.2, 0.25) is 0 Å². The summed E-state index contributed by atoms with van der Waals surface area (Å²) in [4.78, 5) is 4.59. The summed E-state index contributed by atoms with van der Waals surface area (Å²) in [7, 11) is 0. The summed E-state index contributed by atoms with van der Waals surface area (Å²) < 4.78 is 0. The second-order valence-corrected chi connectivity index (χ2v) is 6.75. The molecule has 0 spiro atoms. The quantitative estimate of drug-likeness (QED) is 0.754. The van der Waals surface area contributed by atoms with Crippen LogP contribution >= 0.6 is 11.8 Å². The first-order valence-electron chi connectivity index (χ1n) is 6.85. The first-order chi connectivity index (χ1) is 8.52. The Morgan fingerprint density at radius 1 is 1.33 bits per heavy atom. The van der Waals surface area contributed by atoms with E-state index in [4.69, 9.17) is 0 Å². The molecule has 0 aliphatic carbocycles. The molecule has 1 rings (SSSR count). The summed E-state index contributed by atoms with van der Waals surface area (Å²) in [6.07, 6.45) is 3.19. The molecule has 0 amide bonds. The molecule has 2 nitrogen and oxygen atoms in total. The second-order valence-electron chi connectivity index (χ2n) is 5.33. The van der Waals surface area contributed by atoms with Crippen LogP contribution in [-0.2, 0) is 6.54 Å². The van der Waals surface area contributed by atoms with E-state index >= 15 is 0 Å². The van der Waals surface area contributed by atoms with Crippen LogP contribution in [0.5, 0.6) is 0 Å². The largest absolute Gasteiger partial charge is 0.312 e. The van der Waals surface area contributed by atoms with E-state index in [1.54, 1.807) is 0 Å². The van der Waals surface area contributed by atoms with Crippen molar-refractivity contribution >= 4 is 11.8 Å². The number of hydrogen-bond acceptors (Lipinski definition) is 3. The number of aromatic nitrogens is 1.